The lowest BCUT2D eigenvalue weighted by Crippen LogP contribution is -2.53. The second-order valence-corrected chi connectivity index (χ2v) is 10.4. The summed E-state index contributed by atoms with van der Waals surface area (Å²) in [6.45, 7) is 1.67. The Morgan fingerprint density at radius 1 is 0.957 bits per heavy atom. The Balaban J connectivity index is 1.74. The lowest BCUT2D eigenvalue weighted by molar-refractivity contribution is -0.143. The van der Waals surface area contributed by atoms with Crippen LogP contribution in [0.15, 0.2) is 42.6 Å². The van der Waals surface area contributed by atoms with Crippen LogP contribution < -0.4 is 15.0 Å². The van der Waals surface area contributed by atoms with Crippen LogP contribution in [0.3, 0.4) is 0 Å². The molecular weight excluding hydrogens is 639 g/mol. The zero-order chi connectivity index (χ0) is 34.0. The van der Waals surface area contributed by atoms with Crippen LogP contribution in [0, 0.1) is 0 Å². The molecular formula is C29H27F9N4O4. The summed E-state index contributed by atoms with van der Waals surface area (Å²) >= 11 is 0. The monoisotopic (exact) mass is 666 g/mol. The fraction of sp³-hybridized carbons (Fsp3) is 0.414. The van der Waals surface area contributed by atoms with Crippen LogP contribution in [-0.2, 0) is 36.1 Å². The van der Waals surface area contributed by atoms with Crippen molar-refractivity contribution in [3.8, 4) is 5.75 Å². The van der Waals surface area contributed by atoms with Gasteiger partial charge in [-0.2, -0.15) is 39.5 Å². The number of nitrogens with zero attached hydrogens (tertiary/aromatic N) is 3. The van der Waals surface area contributed by atoms with E-state index in [0.29, 0.717) is 12.1 Å². The van der Waals surface area contributed by atoms with Gasteiger partial charge in [-0.1, -0.05) is 6.92 Å². The van der Waals surface area contributed by atoms with Crippen LogP contribution in [-0.4, -0.2) is 53.6 Å². The van der Waals surface area contributed by atoms with Crippen molar-refractivity contribution in [3.05, 3.63) is 76.1 Å². The van der Waals surface area contributed by atoms with Crippen molar-refractivity contribution in [1.29, 1.82) is 0 Å². The lowest BCUT2D eigenvalue weighted by Gasteiger charge is -2.41. The number of methoxy groups -OCH3 is 1. The van der Waals surface area contributed by atoms with Gasteiger partial charge in [0.15, 0.2) is 5.75 Å². The van der Waals surface area contributed by atoms with Gasteiger partial charge in [-0.15, -0.1) is 0 Å². The number of nitrogens with one attached hydrogen (secondary N) is 1. The molecule has 4 rings (SSSR count). The number of hydrogen-bond acceptors (Lipinski definition) is 6. The third kappa shape index (κ3) is 7.92. The highest BCUT2D eigenvalue weighted by Gasteiger charge is 2.40. The molecule has 2 heterocycles. The number of benzene rings is 2. The van der Waals surface area contributed by atoms with Crippen molar-refractivity contribution in [2.24, 2.45) is 0 Å². The summed E-state index contributed by atoms with van der Waals surface area (Å²) < 4.78 is 132. The molecule has 0 aliphatic carbocycles. The van der Waals surface area contributed by atoms with Gasteiger partial charge in [0.1, 0.15) is 6.61 Å². The molecule has 2 unspecified atom stereocenters. The zero-order valence-electron chi connectivity index (χ0n) is 24.1. The minimum Gasteiger partial charge on any atom is -0.488 e. The summed E-state index contributed by atoms with van der Waals surface area (Å²) in [5.74, 6) is -0.280. The molecule has 1 aliphatic heterocycles. The van der Waals surface area contributed by atoms with Gasteiger partial charge in [-0.3, -0.25) is 4.90 Å². The summed E-state index contributed by atoms with van der Waals surface area (Å²) in [5, 5.41) is 12.9. The summed E-state index contributed by atoms with van der Waals surface area (Å²) in [5.41, 5.74) is -4.39. The molecule has 17 heteroatoms. The quantitative estimate of drug-likeness (QED) is 0.181. The average molecular weight is 667 g/mol. The predicted molar refractivity (Wildman–Crippen MR) is 146 cm³/mol. The number of carbonyl (C=O) groups is 1. The first-order valence-electron chi connectivity index (χ1n) is 13.7. The lowest BCUT2D eigenvalue weighted by atomic mass is 9.89. The van der Waals surface area contributed by atoms with E-state index in [-0.39, 0.29) is 60.8 Å². The number of ether oxygens (including phenoxy) is 2. The maximum absolute atomic E-state index is 13.5. The third-order valence-electron chi connectivity index (χ3n) is 7.23. The Morgan fingerprint density at radius 3 is 2.13 bits per heavy atom. The second-order valence-electron chi connectivity index (χ2n) is 10.4. The van der Waals surface area contributed by atoms with Gasteiger partial charge in [0, 0.05) is 13.5 Å². The summed E-state index contributed by atoms with van der Waals surface area (Å²) in [7, 11) is 1.37. The van der Waals surface area contributed by atoms with Gasteiger partial charge in [0.25, 0.3) is 0 Å². The van der Waals surface area contributed by atoms with Crippen molar-refractivity contribution in [2.75, 3.05) is 30.5 Å². The molecule has 1 aliphatic rings. The first kappa shape index (κ1) is 34.6. The number of amides is 1. The summed E-state index contributed by atoms with van der Waals surface area (Å²) in [6, 6.07) is 2.11. The van der Waals surface area contributed by atoms with Gasteiger partial charge in [-0.05, 0) is 60.4 Å². The molecule has 2 N–H and O–H groups in total. The van der Waals surface area contributed by atoms with E-state index in [2.05, 4.69) is 15.3 Å². The standard InChI is InChI=1S/C29H27F9N4O4/c1-3-22-20(12-16-11-17(27(30,31)32)4-5-23(16)42(22)26(43)44)40-25-39-14-24(46-7-6-45-2)21(41-25)10-15-8-18(28(33,34)35)13-19(9-15)29(36,37)38/h4-5,8-9,11,13-14,20,22H,3,6-7,10,12H2,1-2H3,(H,43,44)(H,39,40,41). The van der Waals surface area contributed by atoms with E-state index >= 15 is 0 Å². The van der Waals surface area contributed by atoms with Crippen LogP contribution >= 0.6 is 0 Å². The number of hydrogen-bond donors (Lipinski definition) is 2. The van der Waals surface area contributed by atoms with Crippen molar-refractivity contribution in [1.82, 2.24) is 9.97 Å². The van der Waals surface area contributed by atoms with Crippen LogP contribution in [0.2, 0.25) is 0 Å². The van der Waals surface area contributed by atoms with E-state index in [1.165, 1.54) is 7.11 Å². The van der Waals surface area contributed by atoms with Crippen molar-refractivity contribution < 1.29 is 58.9 Å². The number of alkyl halides is 9. The Hall–Kier alpha value is -4.28. The zero-order valence-corrected chi connectivity index (χ0v) is 24.1. The maximum Gasteiger partial charge on any atom is 0.416 e. The summed E-state index contributed by atoms with van der Waals surface area (Å²) in [6.07, 6.45) is -15.6. The average Bonchev–Trinajstić information content (AvgIpc) is 2.95. The van der Waals surface area contributed by atoms with E-state index in [1.807, 2.05) is 0 Å². The molecule has 0 radical (unpaired) electrons. The van der Waals surface area contributed by atoms with Gasteiger partial charge >= 0.3 is 24.6 Å². The van der Waals surface area contributed by atoms with Crippen LogP contribution in [0.25, 0.3) is 0 Å². The van der Waals surface area contributed by atoms with Gasteiger partial charge < -0.3 is 19.9 Å². The van der Waals surface area contributed by atoms with Crippen molar-refractivity contribution >= 4 is 17.7 Å². The number of carboxylic acid groups (broad SMARTS) is 1. The van der Waals surface area contributed by atoms with Gasteiger partial charge in [-0.25, -0.2) is 14.8 Å². The molecule has 0 saturated heterocycles. The molecule has 1 amide bonds. The number of rotatable bonds is 9. The molecule has 2 atom stereocenters. The number of anilines is 2. The van der Waals surface area contributed by atoms with Crippen LogP contribution in [0.4, 0.5) is 55.9 Å². The Kier molecular flexibility index (Phi) is 9.94. The molecule has 3 aromatic rings. The Morgan fingerprint density at radius 2 is 1.59 bits per heavy atom. The van der Waals surface area contributed by atoms with Crippen molar-refractivity contribution in [3.63, 3.8) is 0 Å². The van der Waals surface area contributed by atoms with E-state index < -0.39 is 65.4 Å². The topological polar surface area (TPSA) is 96.8 Å². The molecule has 0 saturated carbocycles. The SMILES string of the molecule is CCC1C(Nc2ncc(OCCOC)c(Cc3cc(C(F)(F)F)cc(C(F)(F)F)c3)n2)Cc2cc(C(F)(F)F)ccc2N1C(=O)O. The largest absolute Gasteiger partial charge is 0.488 e. The molecule has 8 nitrogen and oxygen atoms in total. The third-order valence-corrected chi connectivity index (χ3v) is 7.23. The highest BCUT2D eigenvalue weighted by Crippen LogP contribution is 2.39. The van der Waals surface area contributed by atoms with Gasteiger partial charge in [0.05, 0.1) is 53.0 Å². The van der Waals surface area contributed by atoms with E-state index in [0.717, 1.165) is 29.3 Å². The molecule has 46 heavy (non-hydrogen) atoms. The first-order valence-corrected chi connectivity index (χ1v) is 13.7. The Labute approximate surface area is 256 Å². The second kappa shape index (κ2) is 13.2. The van der Waals surface area contributed by atoms with E-state index in [9.17, 15) is 49.4 Å². The fourth-order valence-electron chi connectivity index (χ4n) is 5.19. The highest BCUT2D eigenvalue weighted by atomic mass is 19.4. The van der Waals surface area contributed by atoms with E-state index in [1.54, 1.807) is 6.92 Å². The van der Waals surface area contributed by atoms with Gasteiger partial charge in [0.2, 0.25) is 5.95 Å². The molecule has 0 spiro atoms. The minimum atomic E-state index is -5.08. The summed E-state index contributed by atoms with van der Waals surface area (Å²) in [4.78, 5) is 21.6. The molecule has 0 fully saturated rings. The maximum atomic E-state index is 13.5. The normalized spacial score (nSPS) is 17.1. The van der Waals surface area contributed by atoms with Crippen molar-refractivity contribution in [2.45, 2.75) is 56.8 Å². The molecule has 2 aromatic carbocycles. The van der Waals surface area contributed by atoms with E-state index in [4.69, 9.17) is 9.47 Å². The molecule has 0 bridgehead atoms. The van der Waals surface area contributed by atoms with Crippen LogP contribution in [0.1, 0.15) is 46.9 Å². The number of fused-ring (bicyclic) bond motifs is 1. The first-order chi connectivity index (χ1) is 21.4. The highest BCUT2D eigenvalue weighted by molar-refractivity contribution is 5.89. The number of aromatic nitrogens is 2. The number of halogens is 9. The molecule has 1 aromatic heterocycles. The minimum absolute atomic E-state index is 0.00331. The van der Waals surface area contributed by atoms with Crippen LogP contribution in [0.5, 0.6) is 5.75 Å². The smallest absolute Gasteiger partial charge is 0.416 e. The molecule has 250 valence electrons. The Bertz CT molecular complexity index is 1530. The predicted octanol–water partition coefficient (Wildman–Crippen LogP) is 7.45. The fourth-order valence-corrected chi connectivity index (χ4v) is 5.19.